The molecule has 9 heavy (non-hydrogen) atoms. The topological polar surface area (TPSA) is 40.9 Å². The average Bonchev–Trinajstić information content (AvgIpc) is 2.18. The Labute approximate surface area is 57.5 Å². The molecular formula is C6H5NOS. The van der Waals surface area contributed by atoms with Crippen molar-refractivity contribution in [1.29, 1.82) is 5.26 Å². The first kappa shape index (κ1) is 6.37. The van der Waals surface area contributed by atoms with Crippen LogP contribution in [-0.4, -0.2) is 5.78 Å². The Kier molecular flexibility index (Phi) is 1.91. The number of nitrogens with zero attached hydrogens (tertiary/aromatic N) is 1. The molecule has 0 radical (unpaired) electrons. The second-order valence-electron chi connectivity index (χ2n) is 1.72. The van der Waals surface area contributed by atoms with Crippen molar-refractivity contribution < 1.29 is 4.79 Å². The molecule has 0 unspecified atom stereocenters. The normalized spacial score (nSPS) is 17.2. The summed E-state index contributed by atoms with van der Waals surface area (Å²) in [7, 11) is 0. The average molecular weight is 139 g/mol. The van der Waals surface area contributed by atoms with Crippen molar-refractivity contribution in [3.63, 3.8) is 0 Å². The van der Waals surface area contributed by atoms with Crippen molar-refractivity contribution >= 4 is 17.5 Å². The second kappa shape index (κ2) is 2.70. The number of thiocyanates is 1. The molecule has 3 heteroatoms. The smallest absolute Gasteiger partial charge is 0.170 e. The van der Waals surface area contributed by atoms with E-state index in [1.165, 1.54) is 0 Å². The largest absolute Gasteiger partial charge is 0.294 e. The standard InChI is InChI=1S/C6H5NOS/c7-4-9-6-3-1-2-5(6)8/h3H,1-2H2. The third-order valence-electron chi connectivity index (χ3n) is 1.13. The maximum atomic E-state index is 10.7. The fourth-order valence-corrected chi connectivity index (χ4v) is 1.23. The minimum atomic E-state index is 0.113. The zero-order valence-electron chi connectivity index (χ0n) is 4.76. The number of nitriles is 1. The number of allylic oxidation sites excluding steroid dienone is 2. The molecule has 0 saturated heterocycles. The Morgan fingerprint density at radius 2 is 2.56 bits per heavy atom. The molecule has 0 aromatic carbocycles. The molecule has 0 atom stereocenters. The lowest BCUT2D eigenvalue weighted by Gasteiger charge is -1.85. The summed E-state index contributed by atoms with van der Waals surface area (Å²) in [6.07, 6.45) is 3.21. The van der Waals surface area contributed by atoms with Gasteiger partial charge >= 0.3 is 0 Å². The Hall–Kier alpha value is -0.750. The zero-order valence-corrected chi connectivity index (χ0v) is 5.57. The van der Waals surface area contributed by atoms with Crippen molar-refractivity contribution in [3.8, 4) is 5.40 Å². The molecule has 0 spiro atoms. The molecule has 0 fully saturated rings. The fraction of sp³-hybridized carbons (Fsp3) is 0.333. The van der Waals surface area contributed by atoms with Gasteiger partial charge in [-0.15, -0.1) is 0 Å². The SMILES string of the molecule is N#CSC1=CCCC1=O. The van der Waals surface area contributed by atoms with E-state index in [4.69, 9.17) is 5.26 Å². The summed E-state index contributed by atoms with van der Waals surface area (Å²) in [6, 6.07) is 0. The summed E-state index contributed by atoms with van der Waals surface area (Å²) in [5, 5.41) is 10.0. The van der Waals surface area contributed by atoms with E-state index in [9.17, 15) is 4.79 Å². The summed E-state index contributed by atoms with van der Waals surface area (Å²) < 4.78 is 0. The summed E-state index contributed by atoms with van der Waals surface area (Å²) in [5.74, 6) is 0.113. The van der Waals surface area contributed by atoms with Gasteiger partial charge in [-0.2, -0.15) is 5.26 Å². The van der Waals surface area contributed by atoms with E-state index in [1.807, 2.05) is 11.5 Å². The van der Waals surface area contributed by atoms with Gasteiger partial charge in [-0.1, -0.05) is 6.08 Å². The van der Waals surface area contributed by atoms with Gasteiger partial charge in [0.25, 0.3) is 0 Å². The Morgan fingerprint density at radius 1 is 1.78 bits per heavy atom. The first-order valence-electron chi connectivity index (χ1n) is 2.64. The highest BCUT2D eigenvalue weighted by molar-refractivity contribution is 8.08. The van der Waals surface area contributed by atoms with Crippen LogP contribution in [-0.2, 0) is 4.79 Å². The third kappa shape index (κ3) is 1.33. The highest BCUT2D eigenvalue weighted by atomic mass is 32.2. The van der Waals surface area contributed by atoms with Crippen LogP contribution in [0.2, 0.25) is 0 Å². The van der Waals surface area contributed by atoms with Gasteiger partial charge in [-0.25, -0.2) is 0 Å². The number of rotatable bonds is 1. The first-order chi connectivity index (χ1) is 4.34. The predicted molar refractivity (Wildman–Crippen MR) is 35.5 cm³/mol. The monoisotopic (exact) mass is 139 g/mol. The van der Waals surface area contributed by atoms with Crippen molar-refractivity contribution in [2.45, 2.75) is 12.8 Å². The molecule has 0 aliphatic heterocycles. The molecule has 1 aliphatic rings. The van der Waals surface area contributed by atoms with Crippen molar-refractivity contribution in [2.24, 2.45) is 0 Å². The minimum Gasteiger partial charge on any atom is -0.294 e. The van der Waals surface area contributed by atoms with Gasteiger partial charge in [0.1, 0.15) is 5.40 Å². The number of hydrogen-bond acceptors (Lipinski definition) is 3. The number of carbonyl (C=O) groups excluding carboxylic acids is 1. The fourth-order valence-electron chi connectivity index (χ4n) is 0.719. The Morgan fingerprint density at radius 3 is 3.00 bits per heavy atom. The summed E-state index contributed by atoms with van der Waals surface area (Å²) in [5.41, 5.74) is 0. The van der Waals surface area contributed by atoms with Crippen LogP contribution in [0.1, 0.15) is 12.8 Å². The van der Waals surface area contributed by atoms with Crippen LogP contribution in [0.3, 0.4) is 0 Å². The maximum absolute atomic E-state index is 10.7. The van der Waals surface area contributed by atoms with Gasteiger partial charge in [0.2, 0.25) is 0 Å². The lowest BCUT2D eigenvalue weighted by molar-refractivity contribution is -0.114. The molecular weight excluding hydrogens is 134 g/mol. The number of carbonyl (C=O) groups is 1. The molecule has 0 aromatic heterocycles. The molecule has 0 aromatic rings. The summed E-state index contributed by atoms with van der Waals surface area (Å²) >= 11 is 0.964. The minimum absolute atomic E-state index is 0.113. The van der Waals surface area contributed by atoms with E-state index in [0.29, 0.717) is 11.3 Å². The van der Waals surface area contributed by atoms with Gasteiger partial charge in [-0.05, 0) is 18.2 Å². The number of thioether (sulfide) groups is 1. The van der Waals surface area contributed by atoms with Crippen molar-refractivity contribution in [1.82, 2.24) is 0 Å². The van der Waals surface area contributed by atoms with E-state index < -0.39 is 0 Å². The van der Waals surface area contributed by atoms with Crippen molar-refractivity contribution in [2.75, 3.05) is 0 Å². The van der Waals surface area contributed by atoms with Crippen LogP contribution < -0.4 is 0 Å². The molecule has 0 N–H and O–H groups in total. The van der Waals surface area contributed by atoms with Gasteiger partial charge in [0, 0.05) is 6.42 Å². The molecule has 0 amide bonds. The molecule has 2 nitrogen and oxygen atoms in total. The number of ketones is 1. The van der Waals surface area contributed by atoms with E-state index in [1.54, 1.807) is 0 Å². The molecule has 1 rings (SSSR count). The van der Waals surface area contributed by atoms with Crippen LogP contribution in [0.5, 0.6) is 0 Å². The van der Waals surface area contributed by atoms with Gasteiger partial charge in [-0.3, -0.25) is 4.79 Å². The maximum Gasteiger partial charge on any atom is 0.170 e. The molecule has 0 saturated carbocycles. The van der Waals surface area contributed by atoms with E-state index in [-0.39, 0.29) is 5.78 Å². The second-order valence-corrected chi connectivity index (χ2v) is 2.55. The highest BCUT2D eigenvalue weighted by Crippen LogP contribution is 2.23. The van der Waals surface area contributed by atoms with E-state index in [0.717, 1.165) is 18.2 Å². The lowest BCUT2D eigenvalue weighted by Crippen LogP contribution is -1.89. The van der Waals surface area contributed by atoms with Crippen LogP contribution in [0.4, 0.5) is 0 Å². The first-order valence-corrected chi connectivity index (χ1v) is 3.45. The van der Waals surface area contributed by atoms with Crippen LogP contribution in [0.15, 0.2) is 11.0 Å². The number of Topliss-reactive ketones (excluding diaryl/α,β-unsaturated/α-hetero) is 1. The van der Waals surface area contributed by atoms with Crippen LogP contribution in [0.25, 0.3) is 0 Å². The van der Waals surface area contributed by atoms with E-state index in [2.05, 4.69) is 0 Å². The molecule has 46 valence electrons. The van der Waals surface area contributed by atoms with Crippen LogP contribution in [0, 0.1) is 10.7 Å². The quantitative estimate of drug-likeness (QED) is 0.516. The summed E-state index contributed by atoms with van der Waals surface area (Å²) in [6.45, 7) is 0. The third-order valence-corrected chi connectivity index (χ3v) is 1.84. The van der Waals surface area contributed by atoms with Crippen LogP contribution >= 0.6 is 11.8 Å². The Bertz CT molecular complexity index is 202. The lowest BCUT2D eigenvalue weighted by atomic mass is 10.3. The predicted octanol–water partition coefficient (Wildman–Crippen LogP) is 1.45. The molecule has 0 bridgehead atoms. The summed E-state index contributed by atoms with van der Waals surface area (Å²) in [4.78, 5) is 11.3. The van der Waals surface area contributed by atoms with Gasteiger partial charge in [0.05, 0.1) is 4.91 Å². The van der Waals surface area contributed by atoms with Gasteiger partial charge in [0.15, 0.2) is 5.78 Å². The highest BCUT2D eigenvalue weighted by Gasteiger charge is 2.14. The Balaban J connectivity index is 2.60. The molecule has 0 heterocycles. The van der Waals surface area contributed by atoms with Gasteiger partial charge < -0.3 is 0 Å². The molecule has 1 aliphatic carbocycles. The van der Waals surface area contributed by atoms with Crippen molar-refractivity contribution in [3.05, 3.63) is 11.0 Å². The van der Waals surface area contributed by atoms with E-state index >= 15 is 0 Å². The number of hydrogen-bond donors (Lipinski definition) is 0. The zero-order chi connectivity index (χ0) is 6.69.